The number of pyridine rings is 1. The Balaban J connectivity index is 2.98. The van der Waals surface area contributed by atoms with Crippen molar-refractivity contribution in [2.24, 2.45) is 0 Å². The van der Waals surface area contributed by atoms with E-state index in [1.165, 1.54) is 0 Å². The molecule has 5 heteroatoms. The number of hydrogen-bond acceptors (Lipinski definition) is 5. The molecule has 0 bridgehead atoms. The molecule has 0 aromatic carbocycles. The monoisotopic (exact) mass is 225 g/mol. The zero-order chi connectivity index (χ0) is 12.2. The molecule has 0 unspecified atom stereocenters. The quantitative estimate of drug-likeness (QED) is 0.586. The molecule has 16 heavy (non-hydrogen) atoms. The number of nitrogens with zero attached hydrogens (tertiary/aromatic N) is 1. The van der Waals surface area contributed by atoms with Gasteiger partial charge in [-0.05, 0) is 25.0 Å². The van der Waals surface area contributed by atoms with E-state index in [2.05, 4.69) is 10.3 Å². The molecule has 0 aliphatic heterocycles. The van der Waals surface area contributed by atoms with E-state index in [1.807, 2.05) is 19.9 Å². The molecule has 0 aliphatic carbocycles. The summed E-state index contributed by atoms with van der Waals surface area (Å²) in [6, 6.07) is 1.81. The van der Waals surface area contributed by atoms with Crippen molar-refractivity contribution in [1.82, 2.24) is 4.98 Å². The summed E-state index contributed by atoms with van der Waals surface area (Å²) in [5, 5.41) is 21.6. The van der Waals surface area contributed by atoms with Gasteiger partial charge in [0, 0.05) is 6.20 Å². The third-order valence-electron chi connectivity index (χ3n) is 2.87. The van der Waals surface area contributed by atoms with Crippen LogP contribution in [-0.2, 0) is 0 Å². The van der Waals surface area contributed by atoms with Gasteiger partial charge in [-0.2, -0.15) is 0 Å². The summed E-state index contributed by atoms with van der Waals surface area (Å²) in [4.78, 5) is 4.11. The molecule has 0 atom stereocenters. The topological polar surface area (TPSA) is 91.4 Å². The lowest BCUT2D eigenvalue weighted by atomic mass is 9.98. The Bertz CT molecular complexity index is 343. The molecule has 5 N–H and O–H groups in total. The van der Waals surface area contributed by atoms with Crippen molar-refractivity contribution < 1.29 is 10.2 Å². The van der Waals surface area contributed by atoms with Crippen molar-refractivity contribution in [3.8, 4) is 0 Å². The van der Waals surface area contributed by atoms with Crippen molar-refractivity contribution in [2.45, 2.75) is 25.8 Å². The number of hydrogen-bond donors (Lipinski definition) is 4. The van der Waals surface area contributed by atoms with Gasteiger partial charge in [-0.15, -0.1) is 0 Å². The first-order valence-electron chi connectivity index (χ1n) is 5.29. The van der Waals surface area contributed by atoms with E-state index < -0.39 is 5.54 Å². The van der Waals surface area contributed by atoms with Gasteiger partial charge < -0.3 is 21.3 Å². The van der Waals surface area contributed by atoms with Gasteiger partial charge in [0.15, 0.2) is 0 Å². The van der Waals surface area contributed by atoms with Gasteiger partial charge in [0.2, 0.25) is 0 Å². The molecule has 0 amide bonds. The van der Waals surface area contributed by atoms with Crippen molar-refractivity contribution in [1.29, 1.82) is 0 Å². The number of rotatable bonds is 5. The Morgan fingerprint density at radius 3 is 2.56 bits per heavy atom. The number of nitrogen functional groups attached to an aromatic ring is 1. The Morgan fingerprint density at radius 2 is 2.06 bits per heavy atom. The smallest absolute Gasteiger partial charge is 0.150 e. The number of aromatic nitrogens is 1. The molecule has 0 aliphatic rings. The lowest BCUT2D eigenvalue weighted by molar-refractivity contribution is 0.132. The van der Waals surface area contributed by atoms with Crippen molar-refractivity contribution in [2.75, 3.05) is 24.3 Å². The van der Waals surface area contributed by atoms with Crippen molar-refractivity contribution in [3.63, 3.8) is 0 Å². The summed E-state index contributed by atoms with van der Waals surface area (Å²) >= 11 is 0. The molecule has 90 valence electrons. The lowest BCUT2D eigenvalue weighted by Gasteiger charge is -2.30. The highest BCUT2D eigenvalue weighted by molar-refractivity contribution is 5.65. The largest absolute Gasteiger partial charge is 0.396 e. The Hall–Kier alpha value is -1.33. The highest BCUT2D eigenvalue weighted by Gasteiger charge is 2.27. The maximum absolute atomic E-state index is 9.31. The first-order chi connectivity index (χ1) is 7.58. The molecule has 0 saturated heterocycles. The molecular formula is C11H19N3O2. The number of aliphatic hydroxyl groups excluding tert-OH is 2. The summed E-state index contributed by atoms with van der Waals surface area (Å²) in [7, 11) is 0. The molecule has 1 aromatic heterocycles. The van der Waals surface area contributed by atoms with E-state index in [1.54, 1.807) is 6.20 Å². The Labute approximate surface area is 95.3 Å². The van der Waals surface area contributed by atoms with Crippen LogP contribution in [-0.4, -0.2) is 33.9 Å². The first kappa shape index (κ1) is 12.7. The number of nitrogens with two attached hydrogens (primary N) is 1. The molecule has 0 radical (unpaired) electrons. The fourth-order valence-electron chi connectivity index (χ4n) is 1.36. The average Bonchev–Trinajstić information content (AvgIpc) is 2.32. The van der Waals surface area contributed by atoms with Crippen molar-refractivity contribution in [3.05, 3.63) is 17.8 Å². The summed E-state index contributed by atoms with van der Waals surface area (Å²) in [6.07, 6.45) is 2.22. The fourth-order valence-corrected chi connectivity index (χ4v) is 1.36. The molecule has 5 nitrogen and oxygen atoms in total. The van der Waals surface area contributed by atoms with Crippen molar-refractivity contribution >= 4 is 11.5 Å². The van der Waals surface area contributed by atoms with E-state index in [0.29, 0.717) is 17.9 Å². The van der Waals surface area contributed by atoms with E-state index in [-0.39, 0.29) is 13.2 Å². The normalized spacial score (nSPS) is 11.5. The second-order valence-corrected chi connectivity index (χ2v) is 3.97. The van der Waals surface area contributed by atoms with E-state index in [0.717, 1.165) is 5.56 Å². The van der Waals surface area contributed by atoms with Gasteiger partial charge in [-0.3, -0.25) is 0 Å². The van der Waals surface area contributed by atoms with Crippen LogP contribution in [0, 0.1) is 6.92 Å². The van der Waals surface area contributed by atoms with Gasteiger partial charge in [-0.1, -0.05) is 6.92 Å². The molecule has 0 saturated carbocycles. The van der Waals surface area contributed by atoms with Crippen LogP contribution in [0.1, 0.15) is 18.9 Å². The zero-order valence-electron chi connectivity index (χ0n) is 9.70. The minimum atomic E-state index is -0.769. The second kappa shape index (κ2) is 5.14. The van der Waals surface area contributed by atoms with E-state index >= 15 is 0 Å². The summed E-state index contributed by atoms with van der Waals surface area (Å²) < 4.78 is 0. The van der Waals surface area contributed by atoms with E-state index in [4.69, 9.17) is 5.73 Å². The van der Waals surface area contributed by atoms with E-state index in [9.17, 15) is 10.2 Å². The lowest BCUT2D eigenvalue weighted by Crippen LogP contribution is -2.45. The standard InChI is InChI=1S/C11H19N3O2/c1-3-11(6-15,7-16)14-10-9(12)8(2)4-5-13-10/h4-5,15-16H,3,6-7,12H2,1-2H3,(H,13,14). The maximum Gasteiger partial charge on any atom is 0.150 e. The van der Waals surface area contributed by atoms with Crippen LogP contribution in [0.2, 0.25) is 0 Å². The van der Waals surface area contributed by atoms with Crippen LogP contribution in [0.25, 0.3) is 0 Å². The zero-order valence-corrected chi connectivity index (χ0v) is 9.70. The minimum absolute atomic E-state index is 0.172. The van der Waals surface area contributed by atoms with Gasteiger partial charge in [0.1, 0.15) is 5.82 Å². The number of nitrogens with one attached hydrogen (secondary N) is 1. The van der Waals surface area contributed by atoms with Crippen LogP contribution in [0.5, 0.6) is 0 Å². The second-order valence-electron chi connectivity index (χ2n) is 3.97. The SMILES string of the molecule is CCC(CO)(CO)Nc1nccc(C)c1N. The minimum Gasteiger partial charge on any atom is -0.396 e. The van der Waals surface area contributed by atoms with Gasteiger partial charge in [-0.25, -0.2) is 4.98 Å². The van der Waals surface area contributed by atoms with Crippen LogP contribution in [0.3, 0.4) is 0 Å². The summed E-state index contributed by atoms with van der Waals surface area (Å²) in [5.41, 5.74) is 6.56. The molecule has 1 rings (SSSR count). The van der Waals surface area contributed by atoms with Crippen LogP contribution >= 0.6 is 0 Å². The molecule has 1 heterocycles. The number of anilines is 2. The van der Waals surface area contributed by atoms with Crippen LogP contribution in [0.4, 0.5) is 11.5 Å². The third-order valence-corrected chi connectivity index (χ3v) is 2.87. The number of aryl methyl sites for hydroxylation is 1. The van der Waals surface area contributed by atoms with Gasteiger partial charge in [0.05, 0.1) is 24.4 Å². The summed E-state index contributed by atoms with van der Waals surface area (Å²) in [6.45, 7) is 3.42. The number of aliphatic hydroxyl groups is 2. The molecular weight excluding hydrogens is 206 g/mol. The van der Waals surface area contributed by atoms with Crippen LogP contribution < -0.4 is 11.1 Å². The molecule has 0 spiro atoms. The third kappa shape index (κ3) is 2.43. The predicted octanol–water partition coefficient (Wildman–Crippen LogP) is 0.518. The molecule has 0 fully saturated rings. The van der Waals surface area contributed by atoms with Gasteiger partial charge >= 0.3 is 0 Å². The fraction of sp³-hybridized carbons (Fsp3) is 0.545. The average molecular weight is 225 g/mol. The van der Waals surface area contributed by atoms with Gasteiger partial charge in [0.25, 0.3) is 0 Å². The molecule has 1 aromatic rings. The van der Waals surface area contributed by atoms with Crippen LogP contribution in [0.15, 0.2) is 12.3 Å². The first-order valence-corrected chi connectivity index (χ1v) is 5.29. The Morgan fingerprint density at radius 1 is 1.44 bits per heavy atom. The predicted molar refractivity (Wildman–Crippen MR) is 64.2 cm³/mol. The Kier molecular flexibility index (Phi) is 4.09. The summed E-state index contributed by atoms with van der Waals surface area (Å²) in [5.74, 6) is 0.505. The maximum atomic E-state index is 9.31. The highest BCUT2D eigenvalue weighted by Crippen LogP contribution is 2.23. The highest BCUT2D eigenvalue weighted by atomic mass is 16.3.